The summed E-state index contributed by atoms with van der Waals surface area (Å²) < 4.78 is 23.0. The standard InChI is InChI=1S/C10H11BrO4S/c1-6(10(12)13)7-3-4-9(8(11)5-7)16(2,14)15/h3-6H,1-2H3,(H,12,13). The van der Waals surface area contributed by atoms with Gasteiger partial charge in [-0.1, -0.05) is 6.07 Å². The van der Waals surface area contributed by atoms with Gasteiger partial charge in [-0.3, -0.25) is 4.79 Å². The van der Waals surface area contributed by atoms with Crippen LogP contribution in [-0.2, 0) is 14.6 Å². The van der Waals surface area contributed by atoms with Gasteiger partial charge >= 0.3 is 5.97 Å². The number of hydrogen-bond acceptors (Lipinski definition) is 3. The lowest BCUT2D eigenvalue weighted by Crippen LogP contribution is -2.08. The summed E-state index contributed by atoms with van der Waals surface area (Å²) in [7, 11) is -3.29. The minimum atomic E-state index is -3.29. The summed E-state index contributed by atoms with van der Waals surface area (Å²) in [5.41, 5.74) is 0.562. The van der Waals surface area contributed by atoms with Crippen LogP contribution in [-0.4, -0.2) is 25.7 Å². The summed E-state index contributed by atoms with van der Waals surface area (Å²) in [6.07, 6.45) is 1.10. The fraction of sp³-hybridized carbons (Fsp3) is 0.300. The lowest BCUT2D eigenvalue weighted by atomic mass is 10.0. The topological polar surface area (TPSA) is 71.4 Å². The summed E-state index contributed by atoms with van der Waals surface area (Å²) in [5.74, 6) is -1.61. The molecule has 1 atom stereocenters. The summed E-state index contributed by atoms with van der Waals surface area (Å²) in [4.78, 5) is 10.9. The maximum Gasteiger partial charge on any atom is 0.310 e. The van der Waals surface area contributed by atoms with E-state index >= 15 is 0 Å². The summed E-state index contributed by atoms with van der Waals surface area (Å²) in [6.45, 7) is 1.55. The Kier molecular flexibility index (Phi) is 3.75. The molecule has 0 spiro atoms. The molecule has 1 N–H and O–H groups in total. The fourth-order valence-corrected chi connectivity index (χ4v) is 3.24. The number of benzene rings is 1. The highest BCUT2D eigenvalue weighted by Crippen LogP contribution is 2.26. The summed E-state index contributed by atoms with van der Waals surface area (Å²) in [5, 5.41) is 8.82. The third-order valence-electron chi connectivity index (χ3n) is 2.23. The zero-order valence-electron chi connectivity index (χ0n) is 8.77. The molecule has 0 bridgehead atoms. The number of hydrogen-bond donors (Lipinski definition) is 1. The number of sulfone groups is 1. The predicted molar refractivity (Wildman–Crippen MR) is 63.3 cm³/mol. The monoisotopic (exact) mass is 306 g/mol. The second kappa shape index (κ2) is 4.55. The van der Waals surface area contributed by atoms with Gasteiger partial charge in [-0.15, -0.1) is 0 Å². The van der Waals surface area contributed by atoms with Crippen LogP contribution >= 0.6 is 15.9 Å². The van der Waals surface area contributed by atoms with E-state index in [1.165, 1.54) is 18.2 Å². The van der Waals surface area contributed by atoms with Crippen LogP contribution in [0.4, 0.5) is 0 Å². The number of rotatable bonds is 3. The molecule has 0 aliphatic heterocycles. The normalized spacial score (nSPS) is 13.4. The zero-order chi connectivity index (χ0) is 12.5. The van der Waals surface area contributed by atoms with E-state index in [-0.39, 0.29) is 4.90 Å². The molecule has 0 saturated carbocycles. The van der Waals surface area contributed by atoms with Crippen molar-refractivity contribution in [3.05, 3.63) is 28.2 Å². The van der Waals surface area contributed by atoms with Gasteiger partial charge in [-0.05, 0) is 40.5 Å². The van der Waals surface area contributed by atoms with Gasteiger partial charge in [0.05, 0.1) is 10.8 Å². The van der Waals surface area contributed by atoms with Crippen molar-refractivity contribution in [1.29, 1.82) is 0 Å². The van der Waals surface area contributed by atoms with Crippen molar-refractivity contribution < 1.29 is 18.3 Å². The Hall–Kier alpha value is -0.880. The molecule has 0 saturated heterocycles. The average Bonchev–Trinajstić information content (AvgIpc) is 2.14. The first kappa shape index (κ1) is 13.2. The minimum absolute atomic E-state index is 0.161. The van der Waals surface area contributed by atoms with E-state index in [2.05, 4.69) is 15.9 Å². The fourth-order valence-electron chi connectivity index (χ4n) is 1.23. The van der Waals surface area contributed by atoms with E-state index in [1.807, 2.05) is 0 Å². The van der Waals surface area contributed by atoms with E-state index < -0.39 is 21.7 Å². The van der Waals surface area contributed by atoms with E-state index in [1.54, 1.807) is 6.92 Å². The van der Waals surface area contributed by atoms with Gasteiger partial charge in [-0.25, -0.2) is 8.42 Å². The van der Waals surface area contributed by atoms with Gasteiger partial charge in [0.2, 0.25) is 0 Å². The smallest absolute Gasteiger partial charge is 0.310 e. The third-order valence-corrected chi connectivity index (χ3v) is 4.30. The van der Waals surface area contributed by atoms with Crippen molar-refractivity contribution in [1.82, 2.24) is 0 Å². The van der Waals surface area contributed by atoms with Crippen LogP contribution in [0.5, 0.6) is 0 Å². The molecular weight excluding hydrogens is 296 g/mol. The Morgan fingerprint density at radius 1 is 1.44 bits per heavy atom. The van der Waals surface area contributed by atoms with Crippen molar-refractivity contribution in [2.45, 2.75) is 17.7 Å². The molecule has 0 heterocycles. The van der Waals surface area contributed by atoms with Crippen molar-refractivity contribution in [2.24, 2.45) is 0 Å². The molecule has 88 valence electrons. The highest BCUT2D eigenvalue weighted by Gasteiger charge is 2.17. The molecule has 0 fully saturated rings. The number of carboxylic acid groups (broad SMARTS) is 1. The van der Waals surface area contributed by atoms with Crippen molar-refractivity contribution in [3.8, 4) is 0 Å². The first-order valence-corrected chi connectivity index (χ1v) is 7.14. The van der Waals surface area contributed by atoms with E-state index in [9.17, 15) is 13.2 Å². The van der Waals surface area contributed by atoms with Gasteiger partial charge in [-0.2, -0.15) is 0 Å². The zero-order valence-corrected chi connectivity index (χ0v) is 11.2. The molecule has 1 rings (SSSR count). The first-order chi connectivity index (χ1) is 7.23. The Balaban J connectivity index is 3.25. The number of carboxylic acids is 1. The van der Waals surface area contributed by atoms with Crippen molar-refractivity contribution in [3.63, 3.8) is 0 Å². The molecule has 16 heavy (non-hydrogen) atoms. The molecule has 1 aromatic carbocycles. The van der Waals surface area contributed by atoms with Crippen LogP contribution in [0, 0.1) is 0 Å². The number of carbonyl (C=O) groups is 1. The van der Waals surface area contributed by atoms with Gasteiger partial charge in [0.15, 0.2) is 9.84 Å². The lowest BCUT2D eigenvalue weighted by Gasteiger charge is -2.09. The summed E-state index contributed by atoms with van der Waals surface area (Å²) in [6, 6.07) is 4.45. The second-order valence-corrected chi connectivity index (χ2v) is 6.36. The molecule has 1 unspecified atom stereocenters. The minimum Gasteiger partial charge on any atom is -0.481 e. The van der Waals surface area contributed by atoms with Crippen LogP contribution < -0.4 is 0 Å². The van der Waals surface area contributed by atoms with Gasteiger partial charge in [0.25, 0.3) is 0 Å². The highest BCUT2D eigenvalue weighted by molar-refractivity contribution is 9.10. The van der Waals surface area contributed by atoms with Crippen LogP contribution in [0.15, 0.2) is 27.6 Å². The molecule has 0 radical (unpaired) electrons. The van der Waals surface area contributed by atoms with Crippen LogP contribution in [0.3, 0.4) is 0 Å². The van der Waals surface area contributed by atoms with Gasteiger partial charge in [0.1, 0.15) is 0 Å². The third kappa shape index (κ3) is 2.82. The number of halogens is 1. The largest absolute Gasteiger partial charge is 0.481 e. The van der Waals surface area contributed by atoms with Gasteiger partial charge < -0.3 is 5.11 Å². The molecular formula is C10H11BrO4S. The molecule has 0 aliphatic rings. The summed E-state index contributed by atoms with van der Waals surface area (Å²) >= 11 is 3.13. The molecule has 0 aromatic heterocycles. The molecule has 0 aliphatic carbocycles. The van der Waals surface area contributed by atoms with Crippen LogP contribution in [0.25, 0.3) is 0 Å². The average molecular weight is 307 g/mol. The van der Waals surface area contributed by atoms with Crippen molar-refractivity contribution in [2.75, 3.05) is 6.26 Å². The van der Waals surface area contributed by atoms with Gasteiger partial charge in [0, 0.05) is 10.7 Å². The Labute approximate surface area is 102 Å². The Morgan fingerprint density at radius 3 is 2.38 bits per heavy atom. The predicted octanol–water partition coefficient (Wildman–Crippen LogP) is 2.04. The highest BCUT2D eigenvalue weighted by atomic mass is 79.9. The molecule has 1 aromatic rings. The van der Waals surface area contributed by atoms with Crippen LogP contribution in [0.2, 0.25) is 0 Å². The SMILES string of the molecule is CC(C(=O)O)c1ccc(S(C)(=O)=O)c(Br)c1. The molecule has 4 nitrogen and oxygen atoms in total. The van der Waals surface area contributed by atoms with E-state index in [4.69, 9.17) is 5.11 Å². The molecule has 0 amide bonds. The molecule has 6 heteroatoms. The first-order valence-electron chi connectivity index (χ1n) is 4.46. The maximum atomic E-state index is 11.3. The lowest BCUT2D eigenvalue weighted by molar-refractivity contribution is -0.138. The second-order valence-electron chi connectivity index (χ2n) is 3.52. The Bertz CT molecular complexity index is 522. The van der Waals surface area contributed by atoms with Crippen molar-refractivity contribution >= 4 is 31.7 Å². The van der Waals surface area contributed by atoms with E-state index in [0.717, 1.165) is 6.26 Å². The maximum absolute atomic E-state index is 11.3. The van der Waals surface area contributed by atoms with E-state index in [0.29, 0.717) is 10.0 Å². The quantitative estimate of drug-likeness (QED) is 0.927. The Morgan fingerprint density at radius 2 is 2.00 bits per heavy atom. The van der Waals surface area contributed by atoms with Crippen LogP contribution in [0.1, 0.15) is 18.4 Å². The number of aliphatic carboxylic acids is 1.